The van der Waals surface area contributed by atoms with E-state index in [1.165, 1.54) is 30.3 Å². The third-order valence-corrected chi connectivity index (χ3v) is 5.01. The fraction of sp³-hybridized carbons (Fsp3) is 0.300. The van der Waals surface area contributed by atoms with Crippen molar-refractivity contribution in [2.75, 3.05) is 6.61 Å². The van der Waals surface area contributed by atoms with Gasteiger partial charge in [0.2, 0.25) is 5.78 Å². The van der Waals surface area contributed by atoms with Gasteiger partial charge in [-0.15, -0.1) is 0 Å². The first-order valence-corrected chi connectivity index (χ1v) is 8.81. The van der Waals surface area contributed by atoms with Crippen LogP contribution in [0, 0.1) is 0 Å². The molecule has 2 aliphatic rings. The third-order valence-electron chi connectivity index (χ3n) is 5.01. The second-order valence-electron chi connectivity index (χ2n) is 6.94. The van der Waals surface area contributed by atoms with Gasteiger partial charge in [0, 0.05) is 23.6 Å². The smallest absolute Gasteiger partial charge is 0.201 e. The summed E-state index contributed by atoms with van der Waals surface area (Å²) in [4.78, 5) is 25.5. The topological polar surface area (TPSA) is 139 Å². The molecule has 3 atom stereocenters. The molecule has 8 heteroatoms. The summed E-state index contributed by atoms with van der Waals surface area (Å²) in [5, 5.41) is 29.9. The maximum Gasteiger partial charge on any atom is 0.201 e. The lowest BCUT2D eigenvalue weighted by Gasteiger charge is -2.31. The molecule has 1 saturated heterocycles. The Bertz CT molecular complexity index is 971. The Hall–Kier alpha value is -2.78. The van der Waals surface area contributed by atoms with Crippen LogP contribution in [-0.4, -0.2) is 51.9 Å². The van der Waals surface area contributed by atoms with Crippen LogP contribution in [0.1, 0.15) is 43.8 Å². The van der Waals surface area contributed by atoms with Crippen LogP contribution in [-0.2, 0) is 16.1 Å². The Labute approximate surface area is 160 Å². The molecule has 0 aromatic heterocycles. The lowest BCUT2D eigenvalue weighted by molar-refractivity contribution is -0.196. The van der Waals surface area contributed by atoms with Crippen molar-refractivity contribution in [1.29, 1.82) is 0 Å². The van der Waals surface area contributed by atoms with E-state index in [1.807, 2.05) is 0 Å². The summed E-state index contributed by atoms with van der Waals surface area (Å²) in [6.07, 6.45) is -1.05. The number of nitrogens with two attached hydrogens (primary N) is 1. The zero-order valence-corrected chi connectivity index (χ0v) is 14.8. The van der Waals surface area contributed by atoms with E-state index in [0.717, 1.165) is 0 Å². The first kappa shape index (κ1) is 18.6. The number of benzene rings is 2. The van der Waals surface area contributed by atoms with Crippen LogP contribution in [0.2, 0.25) is 0 Å². The molecule has 4 rings (SSSR count). The number of aromatic hydroxyl groups is 2. The number of ether oxygens (including phenoxy) is 2. The number of phenolic OH excluding ortho intramolecular Hbond substituents is 2. The number of hydrogen-bond acceptors (Lipinski definition) is 8. The zero-order valence-electron chi connectivity index (χ0n) is 14.8. The van der Waals surface area contributed by atoms with Gasteiger partial charge in [-0.05, 0) is 23.8 Å². The first-order valence-electron chi connectivity index (χ1n) is 8.81. The summed E-state index contributed by atoms with van der Waals surface area (Å²) in [5.74, 6) is -1.73. The van der Waals surface area contributed by atoms with Gasteiger partial charge in [-0.2, -0.15) is 0 Å². The van der Waals surface area contributed by atoms with Crippen LogP contribution < -0.4 is 5.73 Å². The van der Waals surface area contributed by atoms with Gasteiger partial charge in [-0.3, -0.25) is 9.59 Å². The molecule has 0 amide bonds. The Morgan fingerprint density at radius 1 is 1.07 bits per heavy atom. The first-order chi connectivity index (χ1) is 13.4. The summed E-state index contributed by atoms with van der Waals surface area (Å²) in [5.41, 5.74) is 6.16. The molecule has 2 aromatic rings. The quantitative estimate of drug-likeness (QED) is 0.520. The minimum atomic E-state index is -0.743. The molecule has 1 aliphatic heterocycles. The molecular formula is C20H19NO7. The van der Waals surface area contributed by atoms with Gasteiger partial charge in [0.05, 0.1) is 30.4 Å². The fourth-order valence-electron chi connectivity index (χ4n) is 3.51. The Morgan fingerprint density at radius 3 is 2.57 bits per heavy atom. The number of aliphatic hydroxyl groups is 1. The van der Waals surface area contributed by atoms with E-state index in [0.29, 0.717) is 12.0 Å². The Morgan fingerprint density at radius 2 is 1.82 bits per heavy atom. The summed E-state index contributed by atoms with van der Waals surface area (Å²) >= 11 is 0. The van der Waals surface area contributed by atoms with Crippen LogP contribution in [0.25, 0.3) is 0 Å². The van der Waals surface area contributed by atoms with E-state index in [-0.39, 0.29) is 47.0 Å². The van der Waals surface area contributed by atoms with Crippen molar-refractivity contribution in [3.63, 3.8) is 0 Å². The van der Waals surface area contributed by atoms with Crippen molar-refractivity contribution in [2.24, 2.45) is 5.73 Å². The standard InChI is InChI=1S/C20H19NO7/c21-12-6-16(28-8-15(12)24)27-7-9-4-11-18(14(23)5-9)20(26)17-10(19(11)25)2-1-3-13(17)22/h1-5,12,15-16,22-24H,6-8,21H2/t12-,15+,16+/m1/s1. The van der Waals surface area contributed by atoms with Gasteiger partial charge in [0.1, 0.15) is 11.5 Å². The molecule has 0 saturated carbocycles. The van der Waals surface area contributed by atoms with Gasteiger partial charge in [0.15, 0.2) is 12.1 Å². The number of aliphatic hydroxyl groups excluding tert-OH is 1. The van der Waals surface area contributed by atoms with Gasteiger partial charge >= 0.3 is 0 Å². The third kappa shape index (κ3) is 3.06. The van der Waals surface area contributed by atoms with Crippen molar-refractivity contribution in [2.45, 2.75) is 31.5 Å². The van der Waals surface area contributed by atoms with E-state index in [4.69, 9.17) is 15.2 Å². The van der Waals surface area contributed by atoms with Crippen LogP contribution in [0.15, 0.2) is 30.3 Å². The highest BCUT2D eigenvalue weighted by Gasteiger charge is 2.34. The van der Waals surface area contributed by atoms with Crippen molar-refractivity contribution >= 4 is 11.6 Å². The second kappa shape index (κ2) is 6.99. The van der Waals surface area contributed by atoms with Gasteiger partial charge < -0.3 is 30.5 Å². The zero-order chi connectivity index (χ0) is 20.0. The minimum Gasteiger partial charge on any atom is -0.507 e. The normalized spacial score (nSPS) is 24.0. The maximum atomic E-state index is 12.8. The number of carbonyl (C=O) groups is 2. The second-order valence-corrected chi connectivity index (χ2v) is 6.94. The fourth-order valence-corrected chi connectivity index (χ4v) is 3.51. The van der Waals surface area contributed by atoms with Gasteiger partial charge in [-0.25, -0.2) is 0 Å². The van der Waals surface area contributed by atoms with Crippen molar-refractivity contribution in [3.8, 4) is 11.5 Å². The van der Waals surface area contributed by atoms with E-state index < -0.39 is 30.0 Å². The number of phenols is 2. The molecule has 28 heavy (non-hydrogen) atoms. The molecule has 0 spiro atoms. The molecule has 8 nitrogen and oxygen atoms in total. The maximum absolute atomic E-state index is 12.8. The lowest BCUT2D eigenvalue weighted by Crippen LogP contribution is -2.47. The molecule has 5 N–H and O–H groups in total. The van der Waals surface area contributed by atoms with Crippen molar-refractivity contribution in [1.82, 2.24) is 0 Å². The highest BCUT2D eigenvalue weighted by molar-refractivity contribution is 6.30. The van der Waals surface area contributed by atoms with Gasteiger partial charge in [0.25, 0.3) is 0 Å². The van der Waals surface area contributed by atoms with E-state index in [9.17, 15) is 24.9 Å². The molecular weight excluding hydrogens is 366 g/mol. The number of rotatable bonds is 3. The molecule has 0 bridgehead atoms. The number of hydrogen-bond donors (Lipinski definition) is 4. The summed E-state index contributed by atoms with van der Waals surface area (Å²) in [7, 11) is 0. The summed E-state index contributed by atoms with van der Waals surface area (Å²) in [6.45, 7) is 0.0806. The summed E-state index contributed by atoms with van der Waals surface area (Å²) < 4.78 is 11.0. The van der Waals surface area contributed by atoms with Crippen molar-refractivity contribution < 1.29 is 34.4 Å². The van der Waals surface area contributed by atoms with E-state index >= 15 is 0 Å². The average molecular weight is 385 g/mol. The van der Waals surface area contributed by atoms with Crippen LogP contribution in [0.4, 0.5) is 0 Å². The molecule has 146 valence electrons. The molecule has 1 heterocycles. The molecule has 0 radical (unpaired) electrons. The lowest BCUT2D eigenvalue weighted by atomic mass is 9.82. The average Bonchev–Trinajstić information content (AvgIpc) is 2.66. The van der Waals surface area contributed by atoms with E-state index in [2.05, 4.69) is 0 Å². The monoisotopic (exact) mass is 385 g/mol. The number of fused-ring (bicyclic) bond motifs is 2. The molecule has 0 unspecified atom stereocenters. The Kier molecular flexibility index (Phi) is 4.64. The predicted molar refractivity (Wildman–Crippen MR) is 96.2 cm³/mol. The van der Waals surface area contributed by atoms with Crippen LogP contribution in [0.3, 0.4) is 0 Å². The number of ketones is 2. The summed E-state index contributed by atoms with van der Waals surface area (Å²) in [6, 6.07) is 6.63. The highest BCUT2D eigenvalue weighted by atomic mass is 16.7. The SMILES string of the molecule is N[C@@H]1C[C@@H](OCc2cc(O)c3c(c2)C(=O)c2cccc(O)c2C3=O)OC[C@@H]1O. The largest absolute Gasteiger partial charge is 0.507 e. The predicted octanol–water partition coefficient (Wildman–Crippen LogP) is 0.824. The van der Waals surface area contributed by atoms with Crippen molar-refractivity contribution in [3.05, 3.63) is 58.1 Å². The Balaban J connectivity index is 1.60. The van der Waals surface area contributed by atoms with E-state index in [1.54, 1.807) is 0 Å². The molecule has 1 aliphatic carbocycles. The number of carbonyl (C=O) groups excluding carboxylic acids is 2. The highest BCUT2D eigenvalue weighted by Crippen LogP contribution is 2.37. The minimum absolute atomic E-state index is 0.0166. The van der Waals surface area contributed by atoms with Crippen LogP contribution >= 0.6 is 0 Å². The molecule has 2 aromatic carbocycles. The molecule has 1 fully saturated rings. The van der Waals surface area contributed by atoms with Gasteiger partial charge in [-0.1, -0.05) is 12.1 Å². The van der Waals surface area contributed by atoms with Crippen LogP contribution in [0.5, 0.6) is 11.5 Å².